The Morgan fingerprint density at radius 2 is 2.40 bits per heavy atom. The normalized spacial score (nSPS) is 19.2. The maximum atomic E-state index is 12.9. The molecule has 1 fully saturated rings. The molecule has 15 heavy (non-hydrogen) atoms. The van der Waals surface area contributed by atoms with E-state index >= 15 is 0 Å². The number of aliphatic imine (C=N–C) groups is 1. The molecule has 1 rings (SSSR count). The summed E-state index contributed by atoms with van der Waals surface area (Å²) in [5.41, 5.74) is 5.49. The van der Waals surface area contributed by atoms with Crippen LogP contribution < -0.4 is 11.1 Å². The second-order valence-corrected chi connectivity index (χ2v) is 3.49. The summed E-state index contributed by atoms with van der Waals surface area (Å²) in [6.07, 6.45) is 1.56. The maximum absolute atomic E-state index is 12.9. The SMILES string of the molecule is COC(=O)C(F)CN=C(N)NC1CCC1. The number of rotatable bonds is 4. The summed E-state index contributed by atoms with van der Waals surface area (Å²) in [6, 6.07) is 0.352. The number of alkyl halides is 1. The van der Waals surface area contributed by atoms with Gasteiger partial charge in [0.2, 0.25) is 6.17 Å². The number of halogens is 1. The molecular formula is C9H16FN3O2. The fourth-order valence-corrected chi connectivity index (χ4v) is 1.19. The van der Waals surface area contributed by atoms with Crippen LogP contribution >= 0.6 is 0 Å². The zero-order valence-corrected chi connectivity index (χ0v) is 8.70. The van der Waals surface area contributed by atoms with E-state index in [1.807, 2.05) is 0 Å². The number of carbonyl (C=O) groups is 1. The number of hydrogen-bond acceptors (Lipinski definition) is 3. The van der Waals surface area contributed by atoms with E-state index in [1.54, 1.807) is 0 Å². The molecule has 1 unspecified atom stereocenters. The summed E-state index contributed by atoms with van der Waals surface area (Å²) in [5.74, 6) is -0.735. The zero-order valence-electron chi connectivity index (χ0n) is 8.70. The summed E-state index contributed by atoms with van der Waals surface area (Å²) < 4.78 is 17.1. The number of ether oxygens (including phenoxy) is 1. The summed E-state index contributed by atoms with van der Waals surface area (Å²) in [5, 5.41) is 2.94. The smallest absolute Gasteiger partial charge is 0.342 e. The van der Waals surface area contributed by atoms with Crippen LogP contribution in [0, 0.1) is 0 Å². The molecule has 0 heterocycles. The molecule has 0 bridgehead atoms. The van der Waals surface area contributed by atoms with Crippen molar-refractivity contribution in [1.82, 2.24) is 5.32 Å². The Balaban J connectivity index is 2.25. The predicted molar refractivity (Wildman–Crippen MR) is 54.2 cm³/mol. The first-order valence-corrected chi connectivity index (χ1v) is 4.92. The first-order chi connectivity index (χ1) is 7.13. The molecule has 1 aliphatic rings. The molecule has 1 atom stereocenters. The van der Waals surface area contributed by atoms with Gasteiger partial charge in [0, 0.05) is 6.04 Å². The van der Waals surface area contributed by atoms with Gasteiger partial charge in [0.25, 0.3) is 0 Å². The van der Waals surface area contributed by atoms with Crippen LogP contribution in [0.2, 0.25) is 0 Å². The van der Waals surface area contributed by atoms with Gasteiger partial charge in [0.05, 0.1) is 13.7 Å². The van der Waals surface area contributed by atoms with Crippen LogP contribution in [0.25, 0.3) is 0 Å². The number of hydrogen-bond donors (Lipinski definition) is 2. The second-order valence-electron chi connectivity index (χ2n) is 3.49. The topological polar surface area (TPSA) is 76.7 Å². The maximum Gasteiger partial charge on any atom is 0.342 e. The molecule has 0 saturated heterocycles. The molecule has 0 aromatic rings. The number of methoxy groups -OCH3 is 1. The zero-order chi connectivity index (χ0) is 11.3. The molecule has 0 aliphatic heterocycles. The van der Waals surface area contributed by atoms with Gasteiger partial charge in [0.1, 0.15) is 0 Å². The van der Waals surface area contributed by atoms with Crippen LogP contribution in [0.1, 0.15) is 19.3 Å². The van der Waals surface area contributed by atoms with Crippen molar-refractivity contribution in [3.05, 3.63) is 0 Å². The summed E-state index contributed by atoms with van der Waals surface area (Å²) in [4.78, 5) is 14.4. The predicted octanol–water partition coefficient (Wildman–Crippen LogP) is -0.0457. The first-order valence-electron chi connectivity index (χ1n) is 4.92. The van der Waals surface area contributed by atoms with Crippen molar-refractivity contribution in [3.63, 3.8) is 0 Å². The van der Waals surface area contributed by atoms with Gasteiger partial charge in [-0.05, 0) is 19.3 Å². The van der Waals surface area contributed by atoms with E-state index in [4.69, 9.17) is 5.73 Å². The van der Waals surface area contributed by atoms with Crippen molar-refractivity contribution in [3.8, 4) is 0 Å². The Hall–Kier alpha value is -1.33. The van der Waals surface area contributed by atoms with Crippen molar-refractivity contribution < 1.29 is 13.9 Å². The minimum absolute atomic E-state index is 0.186. The van der Waals surface area contributed by atoms with Crippen molar-refractivity contribution in [2.24, 2.45) is 10.7 Å². The average molecular weight is 217 g/mol. The number of esters is 1. The van der Waals surface area contributed by atoms with Crippen LogP contribution in [0.4, 0.5) is 4.39 Å². The fourth-order valence-electron chi connectivity index (χ4n) is 1.19. The van der Waals surface area contributed by atoms with E-state index < -0.39 is 12.1 Å². The summed E-state index contributed by atoms with van der Waals surface area (Å²) >= 11 is 0. The number of nitrogens with one attached hydrogen (secondary N) is 1. The van der Waals surface area contributed by atoms with E-state index in [-0.39, 0.29) is 12.5 Å². The molecule has 0 radical (unpaired) electrons. The van der Waals surface area contributed by atoms with Crippen LogP contribution in [0.5, 0.6) is 0 Å². The van der Waals surface area contributed by atoms with Crippen LogP contribution in [-0.4, -0.2) is 37.8 Å². The number of nitrogens with zero attached hydrogens (tertiary/aromatic N) is 1. The molecule has 86 valence electrons. The highest BCUT2D eigenvalue weighted by atomic mass is 19.1. The largest absolute Gasteiger partial charge is 0.467 e. The standard InChI is InChI=1S/C9H16FN3O2/c1-15-8(14)7(10)5-12-9(11)13-6-3-2-4-6/h6-7H,2-5H2,1H3,(H3,11,12,13). The highest BCUT2D eigenvalue weighted by Crippen LogP contribution is 2.17. The average Bonchev–Trinajstić information content (AvgIpc) is 2.18. The second kappa shape index (κ2) is 5.53. The van der Waals surface area contributed by atoms with Crippen molar-refractivity contribution in [2.75, 3.05) is 13.7 Å². The van der Waals surface area contributed by atoms with Gasteiger partial charge in [-0.25, -0.2) is 14.2 Å². The van der Waals surface area contributed by atoms with Gasteiger partial charge in [-0.1, -0.05) is 0 Å². The van der Waals surface area contributed by atoms with Crippen LogP contribution in [0.3, 0.4) is 0 Å². The van der Waals surface area contributed by atoms with Gasteiger partial charge in [0.15, 0.2) is 5.96 Å². The van der Waals surface area contributed by atoms with Gasteiger partial charge >= 0.3 is 5.97 Å². The van der Waals surface area contributed by atoms with E-state index in [9.17, 15) is 9.18 Å². The molecule has 1 saturated carbocycles. The van der Waals surface area contributed by atoms with E-state index in [1.165, 1.54) is 6.42 Å². The van der Waals surface area contributed by atoms with E-state index in [0.717, 1.165) is 20.0 Å². The third-order valence-corrected chi connectivity index (χ3v) is 2.34. The molecule has 1 aliphatic carbocycles. The Morgan fingerprint density at radius 1 is 1.73 bits per heavy atom. The van der Waals surface area contributed by atoms with Crippen LogP contribution in [0.15, 0.2) is 4.99 Å². The molecule has 5 nitrogen and oxygen atoms in total. The molecule has 0 aromatic heterocycles. The Morgan fingerprint density at radius 3 is 2.87 bits per heavy atom. The molecule has 0 spiro atoms. The number of guanidine groups is 1. The molecular weight excluding hydrogens is 201 g/mol. The Kier molecular flexibility index (Phi) is 4.33. The van der Waals surface area contributed by atoms with Gasteiger partial charge in [-0.3, -0.25) is 0 Å². The third kappa shape index (κ3) is 3.73. The Labute approximate surface area is 87.9 Å². The van der Waals surface area contributed by atoms with Gasteiger partial charge in [-0.15, -0.1) is 0 Å². The molecule has 0 aromatic carbocycles. The minimum Gasteiger partial charge on any atom is -0.467 e. The molecule has 0 amide bonds. The van der Waals surface area contributed by atoms with Crippen molar-refractivity contribution in [1.29, 1.82) is 0 Å². The van der Waals surface area contributed by atoms with Crippen LogP contribution in [-0.2, 0) is 9.53 Å². The van der Waals surface area contributed by atoms with E-state index in [0.29, 0.717) is 6.04 Å². The first kappa shape index (κ1) is 11.7. The summed E-state index contributed by atoms with van der Waals surface area (Å²) in [7, 11) is 1.13. The van der Waals surface area contributed by atoms with Crippen molar-refractivity contribution in [2.45, 2.75) is 31.5 Å². The lowest BCUT2D eigenvalue weighted by molar-refractivity contribution is -0.146. The summed E-state index contributed by atoms with van der Waals surface area (Å²) in [6.45, 7) is -0.293. The van der Waals surface area contributed by atoms with Gasteiger partial charge in [-0.2, -0.15) is 0 Å². The number of nitrogens with two attached hydrogens (primary N) is 1. The van der Waals surface area contributed by atoms with Crippen molar-refractivity contribution >= 4 is 11.9 Å². The lowest BCUT2D eigenvalue weighted by Gasteiger charge is -2.26. The molecule has 6 heteroatoms. The highest BCUT2D eigenvalue weighted by molar-refractivity contribution is 5.79. The van der Waals surface area contributed by atoms with Gasteiger partial charge < -0.3 is 15.8 Å². The highest BCUT2D eigenvalue weighted by Gasteiger charge is 2.19. The third-order valence-electron chi connectivity index (χ3n) is 2.34. The lowest BCUT2D eigenvalue weighted by Crippen LogP contribution is -2.44. The monoisotopic (exact) mass is 217 g/mol. The quantitative estimate of drug-likeness (QED) is 0.393. The Bertz CT molecular complexity index is 254. The fraction of sp³-hybridized carbons (Fsp3) is 0.778. The molecule has 3 N–H and O–H groups in total. The van der Waals surface area contributed by atoms with E-state index in [2.05, 4.69) is 15.0 Å². The number of carbonyl (C=O) groups excluding carboxylic acids is 1. The minimum atomic E-state index is -1.74. The lowest BCUT2D eigenvalue weighted by atomic mass is 9.93.